The molecule has 0 aliphatic rings. The Morgan fingerprint density at radius 1 is 1.50 bits per heavy atom. The summed E-state index contributed by atoms with van der Waals surface area (Å²) >= 11 is 8.61. The van der Waals surface area contributed by atoms with Crippen molar-refractivity contribution < 1.29 is 10.2 Å². The quantitative estimate of drug-likeness (QED) is 0.702. The topological polar surface area (TPSA) is 92.3 Å². The number of alkyl halides is 1. The molecule has 0 spiro atoms. The molecule has 0 bridgehead atoms. The molecule has 0 aliphatic heterocycles. The maximum Gasteiger partial charge on any atom is 0.152 e. The van der Waals surface area contributed by atoms with Gasteiger partial charge < -0.3 is 15.9 Å². The number of nitrogens with zero attached hydrogens (tertiary/aromatic N) is 2. The van der Waals surface area contributed by atoms with Crippen LogP contribution in [0.2, 0.25) is 5.15 Å². The summed E-state index contributed by atoms with van der Waals surface area (Å²) in [5.41, 5.74) is 5.74. The highest BCUT2D eigenvalue weighted by atomic mass is 79.9. The molecule has 0 aliphatic carbocycles. The van der Waals surface area contributed by atoms with Gasteiger partial charge in [0, 0.05) is 10.9 Å². The van der Waals surface area contributed by atoms with Crippen molar-refractivity contribution in [1.82, 2.24) is 10.2 Å². The van der Waals surface area contributed by atoms with Crippen LogP contribution in [-0.4, -0.2) is 31.8 Å². The minimum absolute atomic E-state index is 0.0573. The highest BCUT2D eigenvalue weighted by Crippen LogP contribution is 2.23. The first-order valence-electron chi connectivity index (χ1n) is 3.77. The third-order valence-corrected chi connectivity index (χ3v) is 2.51. The Balaban J connectivity index is 2.99. The first-order valence-corrected chi connectivity index (χ1v) is 5.27. The van der Waals surface area contributed by atoms with Crippen molar-refractivity contribution in [2.75, 3.05) is 11.1 Å². The lowest BCUT2D eigenvalue weighted by atomic mass is 10.1. The number of halogens is 2. The summed E-state index contributed by atoms with van der Waals surface area (Å²) in [6.45, 7) is 0. The molecule has 5 nitrogen and oxygen atoms in total. The van der Waals surface area contributed by atoms with Crippen molar-refractivity contribution in [3.8, 4) is 0 Å². The van der Waals surface area contributed by atoms with E-state index in [-0.39, 0.29) is 21.9 Å². The van der Waals surface area contributed by atoms with Crippen LogP contribution in [0.4, 0.5) is 5.82 Å². The zero-order chi connectivity index (χ0) is 10.7. The van der Waals surface area contributed by atoms with E-state index in [9.17, 15) is 10.2 Å². The van der Waals surface area contributed by atoms with Crippen molar-refractivity contribution >= 4 is 33.3 Å². The van der Waals surface area contributed by atoms with Gasteiger partial charge in [0.15, 0.2) is 11.0 Å². The molecule has 1 heterocycles. The maximum absolute atomic E-state index is 9.61. The van der Waals surface area contributed by atoms with Crippen LogP contribution in [0.5, 0.6) is 0 Å². The Kier molecular flexibility index (Phi) is 4.06. The molecule has 1 rings (SSSR count). The SMILES string of the molecule is Nc1nnc(Cl)cc1C(O)C(O)CBr. The predicted octanol–water partition coefficient (Wildman–Crippen LogP) is 0.501. The highest BCUT2D eigenvalue weighted by Gasteiger charge is 2.20. The van der Waals surface area contributed by atoms with E-state index >= 15 is 0 Å². The van der Waals surface area contributed by atoms with Gasteiger partial charge in [0.2, 0.25) is 0 Å². The van der Waals surface area contributed by atoms with E-state index in [4.69, 9.17) is 17.3 Å². The fourth-order valence-electron chi connectivity index (χ4n) is 0.919. The van der Waals surface area contributed by atoms with Gasteiger partial charge in [-0.25, -0.2) is 0 Å². The molecule has 0 fully saturated rings. The number of hydrogen-bond donors (Lipinski definition) is 3. The molecule has 14 heavy (non-hydrogen) atoms. The van der Waals surface area contributed by atoms with Crippen LogP contribution < -0.4 is 5.73 Å². The number of nitrogen functional groups attached to an aromatic ring is 1. The Labute approximate surface area is 94.0 Å². The lowest BCUT2D eigenvalue weighted by Gasteiger charge is -2.16. The van der Waals surface area contributed by atoms with Gasteiger partial charge in [-0.15, -0.1) is 10.2 Å². The number of nitrogens with two attached hydrogens (primary N) is 1. The van der Waals surface area contributed by atoms with Crippen molar-refractivity contribution in [3.05, 3.63) is 16.8 Å². The molecule has 1 aromatic rings. The van der Waals surface area contributed by atoms with Crippen LogP contribution in [0, 0.1) is 0 Å². The fourth-order valence-corrected chi connectivity index (χ4v) is 1.43. The molecule has 78 valence electrons. The molecule has 4 N–H and O–H groups in total. The lowest BCUT2D eigenvalue weighted by molar-refractivity contribution is 0.0345. The van der Waals surface area contributed by atoms with Gasteiger partial charge in [0.1, 0.15) is 6.10 Å². The summed E-state index contributed by atoms with van der Waals surface area (Å²) in [5.74, 6) is 0.0573. The zero-order valence-corrected chi connectivity index (χ0v) is 9.40. The molecule has 0 aromatic carbocycles. The van der Waals surface area contributed by atoms with Gasteiger partial charge in [-0.05, 0) is 6.07 Å². The minimum Gasteiger partial charge on any atom is -0.389 e. The van der Waals surface area contributed by atoms with Crippen LogP contribution >= 0.6 is 27.5 Å². The summed E-state index contributed by atoms with van der Waals surface area (Å²) in [5, 5.41) is 26.3. The molecule has 0 amide bonds. The van der Waals surface area contributed by atoms with Gasteiger partial charge in [-0.1, -0.05) is 27.5 Å². The number of hydrogen-bond acceptors (Lipinski definition) is 5. The Morgan fingerprint density at radius 2 is 2.14 bits per heavy atom. The Morgan fingerprint density at radius 3 is 2.71 bits per heavy atom. The molecule has 1 aromatic heterocycles. The number of aliphatic hydroxyl groups excluding tert-OH is 2. The van der Waals surface area contributed by atoms with Gasteiger partial charge in [0.05, 0.1) is 6.10 Å². The van der Waals surface area contributed by atoms with Crippen LogP contribution in [0.1, 0.15) is 11.7 Å². The summed E-state index contributed by atoms with van der Waals surface area (Å²) in [7, 11) is 0. The van der Waals surface area contributed by atoms with Crippen molar-refractivity contribution in [2.45, 2.75) is 12.2 Å². The Hall–Kier alpha value is -0.430. The van der Waals surface area contributed by atoms with E-state index < -0.39 is 12.2 Å². The monoisotopic (exact) mass is 281 g/mol. The minimum atomic E-state index is -1.12. The zero-order valence-electron chi connectivity index (χ0n) is 7.06. The smallest absolute Gasteiger partial charge is 0.152 e. The first kappa shape index (κ1) is 11.6. The molecule has 2 atom stereocenters. The van der Waals surface area contributed by atoms with Crippen LogP contribution in [0.3, 0.4) is 0 Å². The van der Waals surface area contributed by atoms with Crippen molar-refractivity contribution in [1.29, 1.82) is 0 Å². The number of aromatic nitrogens is 2. The number of rotatable bonds is 3. The van der Waals surface area contributed by atoms with Gasteiger partial charge in [-0.2, -0.15) is 0 Å². The third kappa shape index (κ3) is 2.54. The summed E-state index contributed by atoms with van der Waals surface area (Å²) < 4.78 is 0. The van der Waals surface area contributed by atoms with E-state index in [1.165, 1.54) is 6.07 Å². The normalized spacial score (nSPS) is 15.1. The summed E-state index contributed by atoms with van der Waals surface area (Å²) in [6.07, 6.45) is -2.08. The first-order chi connectivity index (χ1) is 6.56. The molecular weight excluding hydrogens is 273 g/mol. The average molecular weight is 283 g/mol. The predicted molar refractivity (Wildman–Crippen MR) is 56.2 cm³/mol. The Bertz CT molecular complexity index is 326. The van der Waals surface area contributed by atoms with Gasteiger partial charge in [0.25, 0.3) is 0 Å². The fraction of sp³-hybridized carbons (Fsp3) is 0.429. The molecule has 7 heteroatoms. The largest absolute Gasteiger partial charge is 0.389 e. The highest BCUT2D eigenvalue weighted by molar-refractivity contribution is 9.09. The second-order valence-corrected chi connectivity index (χ2v) is 3.71. The molecule has 0 saturated heterocycles. The van der Waals surface area contributed by atoms with Crippen molar-refractivity contribution in [2.24, 2.45) is 0 Å². The van der Waals surface area contributed by atoms with E-state index in [1.54, 1.807) is 0 Å². The van der Waals surface area contributed by atoms with E-state index in [0.29, 0.717) is 0 Å². The number of aliphatic hydroxyl groups is 2. The van der Waals surface area contributed by atoms with E-state index in [0.717, 1.165) is 0 Å². The second kappa shape index (κ2) is 4.88. The van der Waals surface area contributed by atoms with Crippen molar-refractivity contribution in [3.63, 3.8) is 0 Å². The standard InChI is InChI=1S/C7H9BrClN3O2/c8-2-4(13)6(14)3-1-5(9)11-12-7(3)10/h1,4,6,13-14H,2H2,(H2,10,12). The van der Waals surface area contributed by atoms with Crippen LogP contribution in [-0.2, 0) is 0 Å². The van der Waals surface area contributed by atoms with E-state index in [2.05, 4.69) is 26.1 Å². The van der Waals surface area contributed by atoms with Crippen LogP contribution in [0.25, 0.3) is 0 Å². The third-order valence-electron chi connectivity index (χ3n) is 1.66. The van der Waals surface area contributed by atoms with Crippen LogP contribution in [0.15, 0.2) is 6.07 Å². The van der Waals surface area contributed by atoms with Gasteiger partial charge >= 0.3 is 0 Å². The molecule has 0 saturated carbocycles. The summed E-state index contributed by atoms with van der Waals surface area (Å²) in [4.78, 5) is 0. The maximum atomic E-state index is 9.61. The second-order valence-electron chi connectivity index (χ2n) is 2.67. The average Bonchev–Trinajstić information content (AvgIpc) is 2.19. The van der Waals surface area contributed by atoms with Gasteiger partial charge in [-0.3, -0.25) is 0 Å². The summed E-state index contributed by atoms with van der Waals surface area (Å²) in [6, 6.07) is 1.38. The number of anilines is 1. The van der Waals surface area contributed by atoms with E-state index in [1.807, 2.05) is 0 Å². The molecule has 0 radical (unpaired) electrons. The molecular formula is C7H9BrClN3O2. The lowest BCUT2D eigenvalue weighted by Crippen LogP contribution is -2.21. The molecule has 2 unspecified atom stereocenters.